The first-order valence-electron chi connectivity index (χ1n) is 8.54. The number of ether oxygens (including phenoxy) is 4. The molecule has 1 aromatic rings. The van der Waals surface area contributed by atoms with E-state index in [1.807, 2.05) is 44.2 Å². The van der Waals surface area contributed by atoms with Crippen LogP contribution in [0.4, 0.5) is 4.79 Å². The molecule has 0 radical (unpaired) electrons. The monoisotopic (exact) mass is 351 g/mol. The molecule has 7 heteroatoms. The minimum atomic E-state index is -0.732. The van der Waals surface area contributed by atoms with Crippen molar-refractivity contribution in [3.63, 3.8) is 0 Å². The van der Waals surface area contributed by atoms with E-state index in [1.165, 1.54) is 0 Å². The molecule has 1 heterocycles. The fraction of sp³-hybridized carbons (Fsp3) is 0.611. The van der Waals surface area contributed by atoms with Crippen LogP contribution in [0.3, 0.4) is 0 Å². The summed E-state index contributed by atoms with van der Waals surface area (Å²) in [6, 6.07) is 9.23. The Morgan fingerprint density at radius 3 is 2.72 bits per heavy atom. The Balaban J connectivity index is 1.56. The Morgan fingerprint density at radius 1 is 1.28 bits per heavy atom. The Labute approximate surface area is 147 Å². The largest absolute Gasteiger partial charge is 0.445 e. The van der Waals surface area contributed by atoms with E-state index >= 15 is 0 Å². The number of amides is 1. The van der Waals surface area contributed by atoms with Gasteiger partial charge < -0.3 is 29.4 Å². The van der Waals surface area contributed by atoms with E-state index in [0.717, 1.165) is 5.56 Å². The van der Waals surface area contributed by atoms with Crippen LogP contribution in [0.15, 0.2) is 30.3 Å². The highest BCUT2D eigenvalue weighted by Gasteiger charge is 2.55. The van der Waals surface area contributed by atoms with Crippen LogP contribution >= 0.6 is 0 Å². The van der Waals surface area contributed by atoms with Gasteiger partial charge in [-0.2, -0.15) is 0 Å². The quantitative estimate of drug-likeness (QED) is 0.809. The van der Waals surface area contributed by atoms with E-state index in [0.29, 0.717) is 6.42 Å². The van der Waals surface area contributed by atoms with Crippen LogP contribution in [0.25, 0.3) is 0 Å². The maximum Gasteiger partial charge on any atom is 0.407 e. The highest BCUT2D eigenvalue weighted by Crippen LogP contribution is 2.39. The molecule has 0 spiro atoms. The van der Waals surface area contributed by atoms with Gasteiger partial charge in [0.25, 0.3) is 0 Å². The average Bonchev–Trinajstić information content (AvgIpc) is 3.06. The number of benzene rings is 1. The second-order valence-electron chi connectivity index (χ2n) is 6.75. The fourth-order valence-electron chi connectivity index (χ4n) is 3.36. The molecule has 1 saturated heterocycles. The minimum Gasteiger partial charge on any atom is -0.445 e. The predicted molar refractivity (Wildman–Crippen MR) is 88.8 cm³/mol. The van der Waals surface area contributed by atoms with E-state index in [2.05, 4.69) is 5.32 Å². The van der Waals surface area contributed by atoms with Crippen LogP contribution < -0.4 is 5.32 Å². The molecule has 1 saturated carbocycles. The van der Waals surface area contributed by atoms with E-state index in [4.69, 9.17) is 24.1 Å². The third-order valence-electron chi connectivity index (χ3n) is 4.35. The molecule has 1 aliphatic carbocycles. The van der Waals surface area contributed by atoms with Crippen molar-refractivity contribution in [1.82, 2.24) is 5.32 Å². The summed E-state index contributed by atoms with van der Waals surface area (Å²) < 4.78 is 22.8. The Morgan fingerprint density at radius 2 is 2.00 bits per heavy atom. The second kappa shape index (κ2) is 7.70. The van der Waals surface area contributed by atoms with Crippen LogP contribution in [-0.4, -0.2) is 54.6 Å². The van der Waals surface area contributed by atoms with Gasteiger partial charge in [-0.15, -0.1) is 0 Å². The lowest BCUT2D eigenvalue weighted by atomic mass is 10.2. The van der Waals surface area contributed by atoms with E-state index in [-0.39, 0.29) is 44.2 Å². The van der Waals surface area contributed by atoms with Crippen molar-refractivity contribution in [3.05, 3.63) is 35.9 Å². The van der Waals surface area contributed by atoms with Crippen molar-refractivity contribution in [1.29, 1.82) is 0 Å². The summed E-state index contributed by atoms with van der Waals surface area (Å²) in [6.45, 7) is 4.04. The number of aliphatic hydroxyl groups excluding tert-OH is 1. The second-order valence-corrected chi connectivity index (χ2v) is 6.75. The lowest BCUT2D eigenvalue weighted by molar-refractivity contribution is -0.169. The third kappa shape index (κ3) is 4.49. The van der Waals surface area contributed by atoms with E-state index in [9.17, 15) is 4.79 Å². The number of carbonyl (C=O) groups excluding carboxylic acids is 1. The number of fused-ring (bicyclic) bond motifs is 1. The first-order valence-corrected chi connectivity index (χ1v) is 8.54. The zero-order chi connectivity index (χ0) is 17.9. The van der Waals surface area contributed by atoms with Gasteiger partial charge in [-0.3, -0.25) is 0 Å². The highest BCUT2D eigenvalue weighted by molar-refractivity contribution is 5.67. The number of nitrogens with one attached hydrogen (secondary N) is 1. The van der Waals surface area contributed by atoms with Gasteiger partial charge >= 0.3 is 6.09 Å². The van der Waals surface area contributed by atoms with Gasteiger partial charge in [-0.1, -0.05) is 30.3 Å². The van der Waals surface area contributed by atoms with Crippen molar-refractivity contribution in [2.75, 3.05) is 13.2 Å². The summed E-state index contributed by atoms with van der Waals surface area (Å²) in [6.07, 6.45) is -0.766. The van der Waals surface area contributed by atoms with Crippen LogP contribution in [0.2, 0.25) is 0 Å². The number of carbonyl (C=O) groups is 1. The number of hydrogen-bond acceptors (Lipinski definition) is 6. The third-order valence-corrected chi connectivity index (χ3v) is 4.35. The molecule has 1 aliphatic heterocycles. The minimum absolute atomic E-state index is 0.0602. The predicted octanol–water partition coefficient (Wildman–Crippen LogP) is 1.58. The van der Waals surface area contributed by atoms with Gasteiger partial charge in [0.1, 0.15) is 18.8 Å². The summed E-state index contributed by atoms with van der Waals surface area (Å²) in [4.78, 5) is 12.1. The Bertz CT molecular complexity index is 578. The topological polar surface area (TPSA) is 86.3 Å². The average molecular weight is 351 g/mol. The van der Waals surface area contributed by atoms with Gasteiger partial charge in [-0.05, 0) is 25.8 Å². The molecule has 1 amide bonds. The molecule has 1 aromatic carbocycles. The Hall–Kier alpha value is -1.67. The van der Waals surface area contributed by atoms with Gasteiger partial charge in [0, 0.05) is 0 Å². The van der Waals surface area contributed by atoms with Gasteiger partial charge in [0.2, 0.25) is 0 Å². The van der Waals surface area contributed by atoms with Crippen molar-refractivity contribution < 1.29 is 28.8 Å². The van der Waals surface area contributed by atoms with Crippen LogP contribution in [0, 0.1) is 0 Å². The van der Waals surface area contributed by atoms with Crippen LogP contribution in [0.1, 0.15) is 25.8 Å². The summed E-state index contributed by atoms with van der Waals surface area (Å²) in [5, 5.41) is 11.8. The molecule has 0 aromatic heterocycles. The molecule has 138 valence electrons. The van der Waals surface area contributed by atoms with Crippen molar-refractivity contribution in [2.24, 2.45) is 0 Å². The molecule has 3 rings (SSSR count). The molecular formula is C18H25NO6. The maximum absolute atomic E-state index is 12.1. The van der Waals surface area contributed by atoms with Crippen molar-refractivity contribution in [2.45, 2.75) is 57.0 Å². The zero-order valence-corrected chi connectivity index (χ0v) is 14.5. The summed E-state index contributed by atoms with van der Waals surface area (Å²) in [5.74, 6) is -0.732. The first kappa shape index (κ1) is 18.1. The molecule has 2 N–H and O–H groups in total. The summed E-state index contributed by atoms with van der Waals surface area (Å²) >= 11 is 0. The Kier molecular flexibility index (Phi) is 5.58. The summed E-state index contributed by atoms with van der Waals surface area (Å²) in [7, 11) is 0. The fourth-order valence-corrected chi connectivity index (χ4v) is 3.36. The number of aliphatic hydroxyl groups is 1. The molecule has 2 unspecified atom stereocenters. The normalized spacial score (nSPS) is 30.0. The summed E-state index contributed by atoms with van der Waals surface area (Å²) in [5.41, 5.74) is 0.924. The molecule has 2 aliphatic rings. The lowest BCUT2D eigenvalue weighted by Crippen LogP contribution is -2.43. The molecule has 0 bridgehead atoms. The maximum atomic E-state index is 12.1. The van der Waals surface area contributed by atoms with E-state index < -0.39 is 11.9 Å². The van der Waals surface area contributed by atoms with Crippen molar-refractivity contribution in [3.8, 4) is 0 Å². The number of rotatable bonds is 6. The first-order chi connectivity index (χ1) is 12.0. The molecule has 4 atom stereocenters. The standard InChI is InChI=1S/C18H25NO6/c1-18(2)24-15-13(10-14(16(15)25-18)22-9-8-20)19-17(21)23-11-12-6-4-3-5-7-12/h3-7,13-16,20H,8-11H2,1-2H3,(H,19,21)/t13?,14-,15-,16?/m0/s1. The van der Waals surface area contributed by atoms with Gasteiger partial charge in [0.05, 0.1) is 25.4 Å². The molecule has 7 nitrogen and oxygen atoms in total. The smallest absolute Gasteiger partial charge is 0.407 e. The number of alkyl carbamates (subject to hydrolysis) is 1. The van der Waals surface area contributed by atoms with Crippen LogP contribution in [0.5, 0.6) is 0 Å². The van der Waals surface area contributed by atoms with Gasteiger partial charge in [0.15, 0.2) is 5.79 Å². The lowest BCUT2D eigenvalue weighted by Gasteiger charge is -2.23. The highest BCUT2D eigenvalue weighted by atomic mass is 16.8. The molecule has 25 heavy (non-hydrogen) atoms. The van der Waals surface area contributed by atoms with Crippen LogP contribution in [-0.2, 0) is 25.6 Å². The molecule has 2 fully saturated rings. The SMILES string of the molecule is CC1(C)OC2[C@@H](O1)C(NC(=O)OCc1ccccc1)C[C@@H]2OCCO. The van der Waals surface area contributed by atoms with E-state index in [1.54, 1.807) is 0 Å². The van der Waals surface area contributed by atoms with Crippen molar-refractivity contribution >= 4 is 6.09 Å². The zero-order valence-electron chi connectivity index (χ0n) is 14.5. The van der Waals surface area contributed by atoms with Gasteiger partial charge in [-0.25, -0.2) is 4.79 Å². The molecular weight excluding hydrogens is 326 g/mol. The number of hydrogen-bond donors (Lipinski definition) is 2.